The lowest BCUT2D eigenvalue weighted by atomic mass is 9.49. The second-order valence-corrected chi connectivity index (χ2v) is 40.5. The number of fused-ring (bicyclic) bond motifs is 2. The summed E-state index contributed by atoms with van der Waals surface area (Å²) in [6.45, 7) is 49.4. The van der Waals surface area contributed by atoms with Gasteiger partial charge in [-0.1, -0.05) is 83.9 Å². The number of carbonyl (C=O) groups excluding carboxylic acids is 4. The Morgan fingerprint density at radius 1 is 0.542 bits per heavy atom. The molecule has 0 saturated heterocycles. The van der Waals surface area contributed by atoms with Gasteiger partial charge < -0.3 is 77.0 Å². The highest BCUT2D eigenvalue weighted by Crippen LogP contribution is 2.66. The van der Waals surface area contributed by atoms with E-state index in [9.17, 15) is 49.8 Å². The van der Waals surface area contributed by atoms with E-state index in [1.165, 1.54) is 53.9 Å². The topological polar surface area (TPSA) is 453 Å². The normalized spacial score (nSPS) is 32.9. The lowest BCUT2D eigenvalue weighted by Crippen LogP contribution is -2.52. The molecule has 1 aromatic heterocycles. The summed E-state index contributed by atoms with van der Waals surface area (Å²) >= 11 is 0. The molecular weight excluding hydrogens is 1530 g/mol. The SMILES string of the molecule is C=C1CC[C@H]2[C@H](CN)[C@@H]([C@@]3(C)CC[C@H](O)C[C@@H]3CO)CC[C@]12C.C=C1CC[C@H]2[C@H](CN=C(NC(=O)OC(C)(C)C)NC(=O)OC(C)(C)C)[C@@H]([C@@]3(C)CC[C@H](O)C[C@@H]3CO)CC[C@]12C.CC(=O)O.CC(C)(C)OC(=O)N=C(NC(=O)OC(C)(C)C)n1cccn1.CC1(C)CCC2=C1CC[C@H]([C@@]1(C)CC[C@H](O)C[C@@H]1CO)[C@H]2CN=C(N)N.CO.Cl. The van der Waals surface area contributed by atoms with E-state index in [0.717, 1.165) is 117 Å². The monoisotopic (exact) mass is 1690 g/mol. The number of nitrogens with one attached hydrogen (secondary N) is 3. The Kier molecular flexibility index (Phi) is 38.1. The van der Waals surface area contributed by atoms with Crippen molar-refractivity contribution in [3.63, 3.8) is 0 Å². The molecule has 0 spiro atoms. The highest BCUT2D eigenvalue weighted by atomic mass is 35.5. The Bertz CT molecular complexity index is 3560. The molecule has 7 fully saturated rings. The lowest BCUT2D eigenvalue weighted by molar-refractivity contribution is -0.134. The number of carboxylic acids is 1. The van der Waals surface area contributed by atoms with Gasteiger partial charge in [0.05, 0.1) is 18.3 Å². The first-order chi connectivity index (χ1) is 54.1. The maximum absolute atomic E-state index is 12.7. The van der Waals surface area contributed by atoms with Crippen molar-refractivity contribution >= 4 is 60.6 Å². The van der Waals surface area contributed by atoms with Gasteiger partial charge in [0.2, 0.25) is 11.9 Å². The number of carbonyl (C=O) groups is 5. The van der Waals surface area contributed by atoms with Crippen molar-refractivity contribution in [2.24, 2.45) is 130 Å². The van der Waals surface area contributed by atoms with E-state index in [4.69, 9.17) is 56.1 Å². The van der Waals surface area contributed by atoms with Crippen molar-refractivity contribution in [1.29, 1.82) is 0 Å². The van der Waals surface area contributed by atoms with Crippen LogP contribution in [0.2, 0.25) is 0 Å². The molecule has 9 aliphatic rings. The summed E-state index contributed by atoms with van der Waals surface area (Å²) in [4.78, 5) is 70.9. The Morgan fingerprint density at radius 3 is 1.31 bits per heavy atom. The first-order valence-corrected chi connectivity index (χ1v) is 42.8. The van der Waals surface area contributed by atoms with Gasteiger partial charge in [-0.25, -0.2) is 23.9 Å². The number of ether oxygens (including phenoxy) is 4. The maximum atomic E-state index is 12.7. The van der Waals surface area contributed by atoms with Crippen LogP contribution < -0.4 is 33.2 Å². The second-order valence-electron chi connectivity index (χ2n) is 40.5. The molecule has 7 saturated carbocycles. The molecule has 29 heteroatoms. The molecule has 17 N–H and O–H groups in total. The van der Waals surface area contributed by atoms with Gasteiger partial charge in [0.15, 0.2) is 5.96 Å². The first kappa shape index (κ1) is 104. The first-order valence-electron chi connectivity index (χ1n) is 42.8. The number of nitrogens with two attached hydrogens (primary N) is 3. The van der Waals surface area contributed by atoms with Gasteiger partial charge in [0.1, 0.15) is 22.4 Å². The summed E-state index contributed by atoms with van der Waals surface area (Å²) in [6.07, 6.45) is 19.8. The van der Waals surface area contributed by atoms with Gasteiger partial charge in [-0.05, 0) is 322 Å². The molecule has 9 aliphatic carbocycles. The number of hydrogen-bond acceptors (Lipinski definition) is 20. The minimum absolute atomic E-state index is 0. The third kappa shape index (κ3) is 27.9. The van der Waals surface area contributed by atoms with Crippen LogP contribution in [0.3, 0.4) is 0 Å². The third-order valence-electron chi connectivity index (χ3n) is 27.7. The van der Waals surface area contributed by atoms with Crippen LogP contribution in [-0.4, -0.2) is 186 Å². The Hall–Kier alpha value is -6.24. The van der Waals surface area contributed by atoms with Crippen LogP contribution in [0.4, 0.5) is 19.2 Å². The molecule has 0 bridgehead atoms. The second kappa shape index (κ2) is 43.2. The van der Waals surface area contributed by atoms with Crippen molar-refractivity contribution in [3.05, 3.63) is 53.9 Å². The van der Waals surface area contributed by atoms with Crippen LogP contribution >= 0.6 is 12.4 Å². The quantitative estimate of drug-likeness (QED) is 0.0423. The molecule has 10 rings (SSSR count). The number of aliphatic imine (C=N–C) groups is 3. The van der Waals surface area contributed by atoms with Crippen LogP contribution in [0.5, 0.6) is 0 Å². The largest absolute Gasteiger partial charge is 0.481 e. The zero-order valence-electron chi connectivity index (χ0n) is 75.4. The molecule has 676 valence electrons. The lowest BCUT2D eigenvalue weighted by Gasteiger charge is -2.56. The minimum Gasteiger partial charge on any atom is -0.481 e. The number of nitrogens with zero attached hydrogens (tertiary/aromatic N) is 5. The third-order valence-corrected chi connectivity index (χ3v) is 27.7. The van der Waals surface area contributed by atoms with Gasteiger partial charge in [0.25, 0.3) is 5.97 Å². The van der Waals surface area contributed by atoms with Gasteiger partial charge in [-0.2, -0.15) is 5.10 Å². The van der Waals surface area contributed by atoms with Crippen LogP contribution in [0.25, 0.3) is 0 Å². The fraction of sp³-hybridized carbons (Fsp3) is 0.809. The molecule has 0 aromatic carbocycles. The number of rotatable bonds is 11. The van der Waals surface area contributed by atoms with Gasteiger partial charge >= 0.3 is 24.4 Å². The molecule has 0 unspecified atom stereocenters. The number of guanidine groups is 2. The summed E-state index contributed by atoms with van der Waals surface area (Å²) in [5, 5.41) is 86.9. The Labute approximate surface area is 710 Å². The minimum atomic E-state index is -0.839. The average Bonchev–Trinajstić information content (AvgIpc) is 1.49. The van der Waals surface area contributed by atoms with Crippen molar-refractivity contribution in [2.45, 2.75) is 314 Å². The van der Waals surface area contributed by atoms with E-state index in [1.807, 2.05) is 0 Å². The van der Waals surface area contributed by atoms with Crippen molar-refractivity contribution in [3.8, 4) is 0 Å². The van der Waals surface area contributed by atoms with Crippen LogP contribution in [0, 0.1) is 97.6 Å². The molecule has 4 amide bonds. The van der Waals surface area contributed by atoms with E-state index in [1.54, 1.807) is 100 Å². The van der Waals surface area contributed by atoms with Crippen LogP contribution in [-0.2, 0) is 23.7 Å². The standard InChI is InChI=1S/C31H53N3O6.C21H37N3O2.C20H35NO2.C14H22N4O4.C2H4O2.CH4O.ClH/c1-19-10-11-23-22(24(13-15-30(19,23)8)31(9)14-12-21(36)16-20(31)18-35)17-32-25(33-26(37)39-28(2,3)4)34-27(38)40-29(5,6)7;1-20(2)8-7-15-16(11-24-19(22)23)18(5-4-17(15)20)21(3)9-6-14(26)10-13(21)12-25;1-13-4-5-17-16(11-21)18(7-9-19(13,17)2)20(3)8-6-15(23)10-14(20)12-22;1-13(2,3)21-11(19)16-10(18-9-7-8-15-18)17-12(20)22-14(4,5)6;1-2(3)4;1-2;/h20-24,35-36H,1,10-18H2,2-9H3,(H2,32,33,34,37,38);13-14,16,18,25-26H,4-12H2,1-3H3,(H4,22,23,24);14-18,22-23H,1,4-12,21H2,2-3H3;7-9H,1-6H3,(H,16,17,19,20);1H3,(H,3,4);2H,1H3;1H/t20-,21+,22+,23+,24+,30-,31+;13-,14+,16+,18+,21+;14-,15+,16+,17+,18+,19-,20+;;;;/m111..../s1. The molecule has 1 heterocycles. The Morgan fingerprint density at radius 2 is 0.932 bits per heavy atom. The number of alkyl carbamates (subject to hydrolysis) is 3. The van der Waals surface area contributed by atoms with Gasteiger partial charge in [-0.15, -0.1) is 17.4 Å². The molecular formula is C89H156ClN11O17. The van der Waals surface area contributed by atoms with E-state index < -0.39 is 52.7 Å². The number of aromatic nitrogens is 2. The highest BCUT2D eigenvalue weighted by Gasteiger charge is 2.59. The molecule has 0 radical (unpaired) electrons. The van der Waals surface area contributed by atoms with Crippen molar-refractivity contribution in [2.75, 3.05) is 46.6 Å². The number of amides is 4. The summed E-state index contributed by atoms with van der Waals surface area (Å²) < 4.78 is 22.3. The van der Waals surface area contributed by atoms with Crippen LogP contribution in [0.1, 0.15) is 273 Å². The number of hydrogen-bond donors (Lipinski definition) is 14. The summed E-state index contributed by atoms with van der Waals surface area (Å²) in [5.74, 6) is 2.89. The van der Waals surface area contributed by atoms with Gasteiger partial charge in [0, 0.05) is 65.3 Å². The number of aliphatic hydroxyl groups excluding tert-OH is 7. The predicted molar refractivity (Wildman–Crippen MR) is 464 cm³/mol. The van der Waals surface area contributed by atoms with E-state index >= 15 is 0 Å². The molecule has 0 aliphatic heterocycles. The Balaban J connectivity index is 0.000000332. The van der Waals surface area contributed by atoms with Crippen molar-refractivity contribution in [1.82, 2.24) is 25.7 Å². The molecule has 28 nitrogen and oxygen atoms in total. The van der Waals surface area contributed by atoms with Crippen molar-refractivity contribution < 1.29 is 83.8 Å². The number of aliphatic carboxylic acids is 1. The van der Waals surface area contributed by atoms with E-state index in [-0.39, 0.29) is 130 Å². The summed E-state index contributed by atoms with van der Waals surface area (Å²) in [6, 6.07) is 1.63. The number of halogens is 1. The predicted octanol–water partition coefficient (Wildman–Crippen LogP) is 13.9. The number of carboxylic acid groups (broad SMARTS) is 1. The fourth-order valence-corrected chi connectivity index (χ4v) is 21.6. The summed E-state index contributed by atoms with van der Waals surface area (Å²) in [5.41, 5.74) is 21.3. The smallest absolute Gasteiger partial charge is 0.437 e. The highest BCUT2D eigenvalue weighted by molar-refractivity contribution is 6.01. The molecule has 1 aromatic rings. The number of aliphatic hydroxyl groups is 7. The van der Waals surface area contributed by atoms with Crippen LogP contribution in [0.15, 0.2) is 68.9 Å². The summed E-state index contributed by atoms with van der Waals surface area (Å²) in [7, 11) is 1.00. The average molecular weight is 1690 g/mol. The fourth-order valence-electron chi connectivity index (χ4n) is 21.6. The zero-order valence-corrected chi connectivity index (χ0v) is 76.3. The van der Waals surface area contributed by atoms with E-state index in [2.05, 4.69) is 92.7 Å². The maximum Gasteiger partial charge on any atom is 0.437 e. The van der Waals surface area contributed by atoms with Gasteiger partial charge in [-0.3, -0.25) is 30.7 Å². The molecule has 118 heavy (non-hydrogen) atoms. The number of allylic oxidation sites excluding steroid dienone is 3. The molecule has 19 atom stereocenters. The van der Waals surface area contributed by atoms with E-state index in [0.29, 0.717) is 61.4 Å². The zero-order chi connectivity index (χ0) is 88.6.